The van der Waals surface area contributed by atoms with E-state index in [0.29, 0.717) is 50.5 Å². The first kappa shape index (κ1) is 20.4. The SMILES string of the molecule is COc1ccc(C(=O)N2CCN([C@H]3CCCN(CC(F)(F)F)C3=O)CC2)cn1. The minimum Gasteiger partial charge on any atom is -0.481 e. The largest absolute Gasteiger partial charge is 0.481 e. The van der Waals surface area contributed by atoms with E-state index < -0.39 is 24.7 Å². The number of amides is 2. The van der Waals surface area contributed by atoms with Gasteiger partial charge in [-0.25, -0.2) is 4.98 Å². The monoisotopic (exact) mass is 400 g/mol. The second-order valence-corrected chi connectivity index (χ2v) is 6.95. The molecule has 2 aliphatic rings. The van der Waals surface area contributed by atoms with Crippen molar-refractivity contribution in [3.63, 3.8) is 0 Å². The number of aromatic nitrogens is 1. The maximum Gasteiger partial charge on any atom is 0.406 e. The first-order valence-corrected chi connectivity index (χ1v) is 9.17. The van der Waals surface area contributed by atoms with E-state index in [1.807, 2.05) is 4.90 Å². The summed E-state index contributed by atoms with van der Waals surface area (Å²) in [5.41, 5.74) is 0.444. The Morgan fingerprint density at radius 3 is 2.50 bits per heavy atom. The Bertz CT molecular complexity index is 703. The number of carbonyl (C=O) groups is 2. The fraction of sp³-hybridized carbons (Fsp3) is 0.611. The molecular formula is C18H23F3N4O3. The summed E-state index contributed by atoms with van der Waals surface area (Å²) in [5, 5.41) is 0. The van der Waals surface area contributed by atoms with Gasteiger partial charge in [0.25, 0.3) is 5.91 Å². The molecule has 1 aromatic rings. The molecule has 0 aromatic carbocycles. The van der Waals surface area contributed by atoms with Gasteiger partial charge < -0.3 is 14.5 Å². The molecular weight excluding hydrogens is 377 g/mol. The number of methoxy groups -OCH3 is 1. The van der Waals surface area contributed by atoms with E-state index in [0.717, 1.165) is 4.90 Å². The van der Waals surface area contributed by atoms with Crippen LogP contribution in [0.4, 0.5) is 13.2 Å². The molecule has 2 fully saturated rings. The van der Waals surface area contributed by atoms with Crippen LogP contribution in [0.2, 0.25) is 0 Å². The summed E-state index contributed by atoms with van der Waals surface area (Å²) in [6.45, 7) is 0.655. The zero-order valence-electron chi connectivity index (χ0n) is 15.6. The van der Waals surface area contributed by atoms with Gasteiger partial charge in [-0.3, -0.25) is 14.5 Å². The average molecular weight is 400 g/mol. The van der Waals surface area contributed by atoms with Crippen LogP contribution in [0.1, 0.15) is 23.2 Å². The van der Waals surface area contributed by atoms with E-state index in [1.165, 1.54) is 13.3 Å². The molecule has 0 aliphatic carbocycles. The highest BCUT2D eigenvalue weighted by Crippen LogP contribution is 2.24. The molecule has 1 aromatic heterocycles. The zero-order valence-corrected chi connectivity index (χ0v) is 15.6. The van der Waals surface area contributed by atoms with Crippen LogP contribution in [-0.4, -0.2) is 90.1 Å². The fourth-order valence-corrected chi connectivity index (χ4v) is 3.68. The summed E-state index contributed by atoms with van der Waals surface area (Å²) in [6.07, 6.45) is -1.85. The highest BCUT2D eigenvalue weighted by Gasteiger charge is 2.40. The van der Waals surface area contributed by atoms with Gasteiger partial charge in [0.2, 0.25) is 11.8 Å². The smallest absolute Gasteiger partial charge is 0.406 e. The number of alkyl halides is 3. The van der Waals surface area contributed by atoms with Crippen molar-refractivity contribution in [1.29, 1.82) is 0 Å². The van der Waals surface area contributed by atoms with Crippen LogP contribution in [-0.2, 0) is 4.79 Å². The van der Waals surface area contributed by atoms with Gasteiger partial charge in [-0.05, 0) is 18.9 Å². The van der Waals surface area contributed by atoms with Crippen molar-refractivity contribution >= 4 is 11.8 Å². The Labute approximate surface area is 161 Å². The topological polar surface area (TPSA) is 66.0 Å². The molecule has 0 spiro atoms. The van der Waals surface area contributed by atoms with Crippen LogP contribution in [0, 0.1) is 0 Å². The van der Waals surface area contributed by atoms with E-state index in [1.54, 1.807) is 17.0 Å². The third-order valence-corrected chi connectivity index (χ3v) is 5.11. The number of ether oxygens (including phenoxy) is 1. The quantitative estimate of drug-likeness (QED) is 0.765. The molecule has 0 N–H and O–H groups in total. The highest BCUT2D eigenvalue weighted by molar-refractivity contribution is 5.94. The second kappa shape index (κ2) is 8.34. The molecule has 0 unspecified atom stereocenters. The number of piperidine rings is 1. The summed E-state index contributed by atoms with van der Waals surface area (Å²) in [5.74, 6) is -0.216. The Balaban J connectivity index is 1.57. The van der Waals surface area contributed by atoms with E-state index >= 15 is 0 Å². The van der Waals surface area contributed by atoms with Gasteiger partial charge in [-0.1, -0.05) is 0 Å². The van der Waals surface area contributed by atoms with E-state index in [2.05, 4.69) is 4.98 Å². The third kappa shape index (κ3) is 4.73. The number of carbonyl (C=O) groups excluding carboxylic acids is 2. The van der Waals surface area contributed by atoms with Gasteiger partial charge in [0.15, 0.2) is 0 Å². The van der Waals surface area contributed by atoms with Crippen molar-refractivity contribution in [2.45, 2.75) is 25.1 Å². The first-order chi connectivity index (χ1) is 13.3. The Hall–Kier alpha value is -2.36. The van der Waals surface area contributed by atoms with Gasteiger partial charge in [0, 0.05) is 45.0 Å². The number of rotatable bonds is 4. The van der Waals surface area contributed by atoms with Gasteiger partial charge in [0.1, 0.15) is 6.54 Å². The molecule has 3 rings (SSSR count). The number of nitrogens with zero attached hydrogens (tertiary/aromatic N) is 4. The Morgan fingerprint density at radius 1 is 1.21 bits per heavy atom. The second-order valence-electron chi connectivity index (χ2n) is 6.95. The van der Waals surface area contributed by atoms with Gasteiger partial charge in [0.05, 0.1) is 18.7 Å². The molecule has 7 nitrogen and oxygen atoms in total. The lowest BCUT2D eigenvalue weighted by molar-refractivity contribution is -0.168. The van der Waals surface area contributed by atoms with Crippen molar-refractivity contribution in [2.24, 2.45) is 0 Å². The molecule has 10 heteroatoms. The number of likely N-dealkylation sites (tertiary alicyclic amines) is 1. The lowest BCUT2D eigenvalue weighted by Gasteiger charge is -2.42. The number of hydrogen-bond acceptors (Lipinski definition) is 5. The first-order valence-electron chi connectivity index (χ1n) is 9.17. The Morgan fingerprint density at radius 2 is 1.93 bits per heavy atom. The van der Waals surface area contributed by atoms with Crippen LogP contribution < -0.4 is 4.74 Å². The summed E-state index contributed by atoms with van der Waals surface area (Å²) >= 11 is 0. The lowest BCUT2D eigenvalue weighted by Crippen LogP contribution is -2.59. The molecule has 0 radical (unpaired) electrons. The number of halogens is 3. The summed E-state index contributed by atoms with van der Waals surface area (Å²) in [6, 6.07) is 2.70. The summed E-state index contributed by atoms with van der Waals surface area (Å²) in [4.78, 5) is 33.5. The molecule has 2 amide bonds. The predicted molar refractivity (Wildman–Crippen MR) is 93.9 cm³/mol. The molecule has 3 heterocycles. The van der Waals surface area contributed by atoms with Crippen molar-refractivity contribution in [1.82, 2.24) is 19.7 Å². The molecule has 28 heavy (non-hydrogen) atoms. The standard InChI is InChI=1S/C18H23F3N4O3/c1-28-15-5-4-13(11-22-15)16(26)24-9-7-23(8-10-24)14-3-2-6-25(17(14)27)12-18(19,20)21/h4-5,11,14H,2-3,6-10,12H2,1H3/t14-/m0/s1. The number of piperazine rings is 1. The van der Waals surface area contributed by atoms with E-state index in [-0.39, 0.29) is 12.5 Å². The molecule has 1 atom stereocenters. The predicted octanol–water partition coefficient (Wildman–Crippen LogP) is 1.40. The number of hydrogen-bond donors (Lipinski definition) is 0. The van der Waals surface area contributed by atoms with Crippen LogP contribution in [0.25, 0.3) is 0 Å². The zero-order chi connectivity index (χ0) is 20.3. The fourth-order valence-electron chi connectivity index (χ4n) is 3.68. The Kier molecular flexibility index (Phi) is 6.07. The summed E-state index contributed by atoms with van der Waals surface area (Å²) < 4.78 is 43.0. The molecule has 2 aliphatic heterocycles. The average Bonchev–Trinajstić information content (AvgIpc) is 2.68. The van der Waals surface area contributed by atoms with Crippen molar-refractivity contribution in [3.05, 3.63) is 23.9 Å². The lowest BCUT2D eigenvalue weighted by atomic mass is 10.0. The third-order valence-electron chi connectivity index (χ3n) is 5.11. The molecule has 154 valence electrons. The van der Waals surface area contributed by atoms with Crippen molar-refractivity contribution < 1.29 is 27.5 Å². The van der Waals surface area contributed by atoms with Gasteiger partial charge in [-0.15, -0.1) is 0 Å². The van der Waals surface area contributed by atoms with Crippen LogP contribution >= 0.6 is 0 Å². The maximum absolute atomic E-state index is 12.7. The maximum atomic E-state index is 12.7. The van der Waals surface area contributed by atoms with Crippen LogP contribution in [0.3, 0.4) is 0 Å². The van der Waals surface area contributed by atoms with Gasteiger partial charge in [-0.2, -0.15) is 13.2 Å². The van der Waals surface area contributed by atoms with Crippen LogP contribution in [0.5, 0.6) is 5.88 Å². The summed E-state index contributed by atoms with van der Waals surface area (Å²) in [7, 11) is 1.49. The highest BCUT2D eigenvalue weighted by atomic mass is 19.4. The van der Waals surface area contributed by atoms with Crippen molar-refractivity contribution in [2.75, 3.05) is 46.4 Å². The minimum absolute atomic E-state index is 0.137. The van der Waals surface area contributed by atoms with E-state index in [9.17, 15) is 22.8 Å². The van der Waals surface area contributed by atoms with Gasteiger partial charge >= 0.3 is 6.18 Å². The van der Waals surface area contributed by atoms with E-state index in [4.69, 9.17) is 4.74 Å². The molecule has 0 saturated carbocycles. The van der Waals surface area contributed by atoms with Crippen molar-refractivity contribution in [3.8, 4) is 5.88 Å². The number of pyridine rings is 1. The van der Waals surface area contributed by atoms with Crippen LogP contribution in [0.15, 0.2) is 18.3 Å². The normalized spacial score (nSPS) is 21.7. The minimum atomic E-state index is -4.39. The molecule has 0 bridgehead atoms. The molecule has 2 saturated heterocycles.